The predicted octanol–water partition coefficient (Wildman–Crippen LogP) is 3.55. The molecule has 0 amide bonds. The second-order valence-corrected chi connectivity index (χ2v) is 4.89. The van der Waals surface area contributed by atoms with Crippen molar-refractivity contribution in [1.29, 1.82) is 0 Å². The zero-order valence-corrected chi connectivity index (χ0v) is 10.5. The minimum Gasteiger partial charge on any atom is -0.492 e. The lowest BCUT2D eigenvalue weighted by Gasteiger charge is -2.30. The molecule has 0 unspecified atom stereocenters. The van der Waals surface area contributed by atoms with Gasteiger partial charge in [-0.25, -0.2) is 0 Å². The first kappa shape index (κ1) is 11.6. The summed E-state index contributed by atoms with van der Waals surface area (Å²) in [6.45, 7) is 0.486. The summed E-state index contributed by atoms with van der Waals surface area (Å²) in [7, 11) is 0. The van der Waals surface area contributed by atoms with Crippen molar-refractivity contribution in [2.45, 2.75) is 12.0 Å². The fourth-order valence-electron chi connectivity index (χ4n) is 2.33. The molecule has 0 saturated heterocycles. The van der Waals surface area contributed by atoms with Crippen LogP contribution in [0.2, 0.25) is 5.02 Å². The van der Waals surface area contributed by atoms with E-state index in [4.69, 9.17) is 16.3 Å². The zero-order chi connectivity index (χ0) is 12.5. The van der Waals surface area contributed by atoms with Crippen LogP contribution in [-0.4, -0.2) is 11.7 Å². The minimum atomic E-state index is -0.531. The molecule has 1 N–H and O–H groups in total. The average Bonchev–Trinajstić information content (AvgIpc) is 2.41. The van der Waals surface area contributed by atoms with Crippen LogP contribution in [0.5, 0.6) is 5.75 Å². The van der Waals surface area contributed by atoms with Gasteiger partial charge in [0.15, 0.2) is 0 Å². The van der Waals surface area contributed by atoms with Gasteiger partial charge in [0.05, 0.1) is 12.7 Å². The predicted molar refractivity (Wildman–Crippen MR) is 71.1 cm³/mol. The molecule has 3 rings (SSSR count). The fraction of sp³-hybridized carbons (Fsp3) is 0.200. The SMILES string of the molecule is O[C@@H]1c2ccccc2OC[C@@H]1c1ccc(Cl)cc1. The van der Waals surface area contributed by atoms with Crippen molar-refractivity contribution < 1.29 is 9.84 Å². The van der Waals surface area contributed by atoms with Gasteiger partial charge in [-0.3, -0.25) is 0 Å². The number of aliphatic hydroxyl groups is 1. The summed E-state index contributed by atoms with van der Waals surface area (Å²) < 4.78 is 5.70. The monoisotopic (exact) mass is 260 g/mol. The van der Waals surface area contributed by atoms with E-state index in [1.807, 2.05) is 48.5 Å². The summed E-state index contributed by atoms with van der Waals surface area (Å²) in [5.74, 6) is 0.729. The smallest absolute Gasteiger partial charge is 0.125 e. The van der Waals surface area contributed by atoms with Crippen molar-refractivity contribution in [3.05, 3.63) is 64.7 Å². The maximum absolute atomic E-state index is 10.4. The number of fused-ring (bicyclic) bond motifs is 1. The Bertz CT molecular complexity index is 551. The molecule has 3 heteroatoms. The van der Waals surface area contributed by atoms with E-state index in [-0.39, 0.29) is 5.92 Å². The second-order valence-electron chi connectivity index (χ2n) is 4.45. The van der Waals surface area contributed by atoms with Gasteiger partial charge in [-0.15, -0.1) is 0 Å². The highest BCUT2D eigenvalue weighted by Gasteiger charge is 2.30. The van der Waals surface area contributed by atoms with Gasteiger partial charge < -0.3 is 9.84 Å². The molecule has 92 valence electrons. The van der Waals surface area contributed by atoms with Crippen LogP contribution >= 0.6 is 11.6 Å². The minimum absolute atomic E-state index is 0.0443. The molecular formula is C15H13ClO2. The summed E-state index contributed by atoms with van der Waals surface area (Å²) in [5.41, 5.74) is 1.89. The molecule has 18 heavy (non-hydrogen) atoms. The number of rotatable bonds is 1. The largest absolute Gasteiger partial charge is 0.492 e. The number of para-hydroxylation sites is 1. The van der Waals surface area contributed by atoms with Gasteiger partial charge >= 0.3 is 0 Å². The van der Waals surface area contributed by atoms with Crippen LogP contribution in [-0.2, 0) is 0 Å². The van der Waals surface area contributed by atoms with E-state index in [1.165, 1.54) is 0 Å². The highest BCUT2D eigenvalue weighted by atomic mass is 35.5. The lowest BCUT2D eigenvalue weighted by molar-refractivity contribution is 0.0890. The van der Waals surface area contributed by atoms with Crippen LogP contribution in [0.3, 0.4) is 0 Å². The number of hydrogen-bond acceptors (Lipinski definition) is 2. The Morgan fingerprint density at radius 2 is 1.78 bits per heavy atom. The molecule has 0 fully saturated rings. The van der Waals surface area contributed by atoms with Crippen molar-refractivity contribution in [1.82, 2.24) is 0 Å². The normalized spacial score (nSPS) is 22.1. The molecule has 1 aliphatic rings. The van der Waals surface area contributed by atoms with Crippen LogP contribution in [0.25, 0.3) is 0 Å². The lowest BCUT2D eigenvalue weighted by atomic mass is 9.87. The van der Waals surface area contributed by atoms with E-state index < -0.39 is 6.10 Å². The topological polar surface area (TPSA) is 29.5 Å². The Balaban J connectivity index is 1.95. The Morgan fingerprint density at radius 1 is 1.06 bits per heavy atom. The van der Waals surface area contributed by atoms with Crippen LogP contribution in [0, 0.1) is 0 Å². The van der Waals surface area contributed by atoms with Gasteiger partial charge in [-0.1, -0.05) is 41.9 Å². The van der Waals surface area contributed by atoms with Crippen molar-refractivity contribution in [2.75, 3.05) is 6.61 Å². The highest BCUT2D eigenvalue weighted by molar-refractivity contribution is 6.30. The standard InChI is InChI=1S/C15H13ClO2/c16-11-7-5-10(6-8-11)13-9-18-14-4-2-1-3-12(14)15(13)17/h1-8,13,15,17H,9H2/t13-,15-/m1/s1. The molecule has 0 aromatic heterocycles. The number of hydrogen-bond donors (Lipinski definition) is 1. The van der Waals surface area contributed by atoms with E-state index in [2.05, 4.69) is 0 Å². The number of benzene rings is 2. The molecule has 1 heterocycles. The summed E-state index contributed by atoms with van der Waals surface area (Å²) >= 11 is 5.87. The first-order valence-electron chi connectivity index (χ1n) is 5.91. The average molecular weight is 261 g/mol. The first-order valence-corrected chi connectivity index (χ1v) is 6.29. The van der Waals surface area contributed by atoms with E-state index in [9.17, 15) is 5.11 Å². The third kappa shape index (κ3) is 1.98. The van der Waals surface area contributed by atoms with Crippen molar-refractivity contribution in [3.63, 3.8) is 0 Å². The van der Waals surface area contributed by atoms with Crippen molar-refractivity contribution in [3.8, 4) is 5.75 Å². The van der Waals surface area contributed by atoms with Gasteiger partial charge in [0.2, 0.25) is 0 Å². The Hall–Kier alpha value is -1.51. The molecule has 2 aromatic rings. The quantitative estimate of drug-likeness (QED) is 0.850. The maximum Gasteiger partial charge on any atom is 0.125 e. The molecule has 0 saturated carbocycles. The first-order chi connectivity index (χ1) is 8.75. The molecule has 2 atom stereocenters. The Labute approximate surface area is 111 Å². The van der Waals surface area contributed by atoms with Crippen LogP contribution in [0.4, 0.5) is 0 Å². The van der Waals surface area contributed by atoms with E-state index in [0.29, 0.717) is 11.6 Å². The number of ether oxygens (including phenoxy) is 1. The Kier molecular flexibility index (Phi) is 2.98. The zero-order valence-electron chi connectivity index (χ0n) is 9.71. The van der Waals surface area contributed by atoms with E-state index in [0.717, 1.165) is 16.9 Å². The number of halogens is 1. The summed E-state index contributed by atoms with van der Waals surface area (Å²) in [5, 5.41) is 11.1. The van der Waals surface area contributed by atoms with Gasteiger partial charge in [-0.2, -0.15) is 0 Å². The molecule has 0 spiro atoms. The van der Waals surface area contributed by atoms with Crippen LogP contribution in [0.1, 0.15) is 23.1 Å². The van der Waals surface area contributed by atoms with Crippen LogP contribution in [0.15, 0.2) is 48.5 Å². The molecule has 0 aliphatic carbocycles. The Morgan fingerprint density at radius 3 is 2.56 bits per heavy atom. The highest BCUT2D eigenvalue weighted by Crippen LogP contribution is 2.40. The van der Waals surface area contributed by atoms with Crippen LogP contribution < -0.4 is 4.74 Å². The molecule has 0 bridgehead atoms. The third-order valence-electron chi connectivity index (χ3n) is 3.34. The van der Waals surface area contributed by atoms with Gasteiger partial charge in [0.1, 0.15) is 5.75 Å². The summed E-state index contributed by atoms with van der Waals surface area (Å²) in [6.07, 6.45) is -0.531. The molecular weight excluding hydrogens is 248 g/mol. The molecule has 2 nitrogen and oxygen atoms in total. The summed E-state index contributed by atoms with van der Waals surface area (Å²) in [6, 6.07) is 15.2. The molecule has 2 aromatic carbocycles. The molecule has 1 aliphatic heterocycles. The maximum atomic E-state index is 10.4. The van der Waals surface area contributed by atoms with E-state index in [1.54, 1.807) is 0 Å². The van der Waals surface area contributed by atoms with Gasteiger partial charge in [0, 0.05) is 16.5 Å². The third-order valence-corrected chi connectivity index (χ3v) is 3.59. The lowest BCUT2D eigenvalue weighted by Crippen LogP contribution is -2.24. The van der Waals surface area contributed by atoms with Gasteiger partial charge in [0.25, 0.3) is 0 Å². The summed E-state index contributed by atoms with van der Waals surface area (Å²) in [4.78, 5) is 0. The van der Waals surface area contributed by atoms with Crippen molar-refractivity contribution >= 4 is 11.6 Å². The number of aliphatic hydroxyl groups excluding tert-OH is 1. The van der Waals surface area contributed by atoms with Gasteiger partial charge in [-0.05, 0) is 23.8 Å². The van der Waals surface area contributed by atoms with Crippen molar-refractivity contribution in [2.24, 2.45) is 0 Å². The van der Waals surface area contributed by atoms with E-state index >= 15 is 0 Å². The molecule has 0 radical (unpaired) electrons. The fourth-order valence-corrected chi connectivity index (χ4v) is 2.46. The second kappa shape index (κ2) is 4.63.